The Labute approximate surface area is 159 Å². The van der Waals surface area contributed by atoms with Gasteiger partial charge in [-0.25, -0.2) is 0 Å². The standard InChI is InChI=1S/C21H25N3O3/c1-16(17-9-11-19(12-10-17)24(26)27)21(25)22-20(15-23-13-5-6-14-23)18-7-3-2-4-8-18/h2-4,7-12,16,20H,5-6,13-15H2,1H3,(H,22,25). The molecule has 0 aromatic heterocycles. The van der Waals surface area contributed by atoms with Crippen molar-refractivity contribution in [2.45, 2.75) is 31.7 Å². The highest BCUT2D eigenvalue weighted by Crippen LogP contribution is 2.22. The molecule has 1 saturated heterocycles. The van der Waals surface area contributed by atoms with Gasteiger partial charge in [0.25, 0.3) is 5.69 Å². The highest BCUT2D eigenvalue weighted by Gasteiger charge is 2.24. The first-order valence-corrected chi connectivity index (χ1v) is 9.36. The number of amides is 1. The summed E-state index contributed by atoms with van der Waals surface area (Å²) in [5, 5.41) is 14.0. The van der Waals surface area contributed by atoms with Crippen molar-refractivity contribution in [3.63, 3.8) is 0 Å². The van der Waals surface area contributed by atoms with Crippen molar-refractivity contribution >= 4 is 11.6 Å². The van der Waals surface area contributed by atoms with Gasteiger partial charge in [0.2, 0.25) is 5.91 Å². The molecule has 0 bridgehead atoms. The Balaban J connectivity index is 1.71. The Kier molecular flexibility index (Phi) is 6.19. The number of rotatable bonds is 7. The molecule has 2 unspecified atom stereocenters. The van der Waals surface area contributed by atoms with Crippen LogP contribution >= 0.6 is 0 Å². The molecule has 6 heteroatoms. The smallest absolute Gasteiger partial charge is 0.269 e. The van der Waals surface area contributed by atoms with Crippen LogP contribution in [0.15, 0.2) is 54.6 Å². The summed E-state index contributed by atoms with van der Waals surface area (Å²) in [6.45, 7) is 4.76. The van der Waals surface area contributed by atoms with E-state index in [-0.39, 0.29) is 23.6 Å². The van der Waals surface area contributed by atoms with E-state index in [9.17, 15) is 14.9 Å². The summed E-state index contributed by atoms with van der Waals surface area (Å²) >= 11 is 0. The lowest BCUT2D eigenvalue weighted by Gasteiger charge is -2.26. The van der Waals surface area contributed by atoms with E-state index >= 15 is 0 Å². The number of nitro benzene ring substituents is 1. The maximum Gasteiger partial charge on any atom is 0.269 e. The van der Waals surface area contributed by atoms with Crippen molar-refractivity contribution in [1.29, 1.82) is 0 Å². The van der Waals surface area contributed by atoms with Crippen molar-refractivity contribution < 1.29 is 9.72 Å². The van der Waals surface area contributed by atoms with Gasteiger partial charge in [-0.2, -0.15) is 0 Å². The second-order valence-corrected chi connectivity index (χ2v) is 7.05. The maximum atomic E-state index is 12.9. The predicted molar refractivity (Wildman–Crippen MR) is 105 cm³/mol. The first-order valence-electron chi connectivity index (χ1n) is 9.36. The van der Waals surface area contributed by atoms with Crippen LogP contribution in [0.3, 0.4) is 0 Å². The summed E-state index contributed by atoms with van der Waals surface area (Å²) in [5.74, 6) is -0.451. The summed E-state index contributed by atoms with van der Waals surface area (Å²) in [6.07, 6.45) is 2.41. The number of benzene rings is 2. The molecular formula is C21H25N3O3. The highest BCUT2D eigenvalue weighted by molar-refractivity contribution is 5.83. The SMILES string of the molecule is CC(C(=O)NC(CN1CCCC1)c1ccccc1)c1ccc([N+](=O)[O-])cc1. The lowest BCUT2D eigenvalue weighted by molar-refractivity contribution is -0.384. The van der Waals surface area contributed by atoms with Crippen LogP contribution in [-0.4, -0.2) is 35.4 Å². The van der Waals surface area contributed by atoms with Gasteiger partial charge < -0.3 is 10.2 Å². The third-order valence-electron chi connectivity index (χ3n) is 5.16. The first-order chi connectivity index (χ1) is 13.0. The maximum absolute atomic E-state index is 12.9. The molecule has 1 fully saturated rings. The number of nitrogens with one attached hydrogen (secondary N) is 1. The Morgan fingerprint density at radius 2 is 1.70 bits per heavy atom. The minimum atomic E-state index is -0.435. The molecule has 2 aromatic rings. The molecule has 1 heterocycles. The molecule has 0 saturated carbocycles. The van der Waals surface area contributed by atoms with Gasteiger partial charge in [-0.05, 0) is 44.0 Å². The normalized spacial score (nSPS) is 16.6. The Morgan fingerprint density at radius 3 is 2.30 bits per heavy atom. The van der Waals surface area contributed by atoms with E-state index in [0.717, 1.165) is 30.8 Å². The summed E-state index contributed by atoms with van der Waals surface area (Å²) in [4.78, 5) is 25.6. The molecular weight excluding hydrogens is 342 g/mol. The van der Waals surface area contributed by atoms with E-state index in [0.29, 0.717) is 0 Å². The second kappa shape index (κ2) is 8.77. The molecule has 6 nitrogen and oxygen atoms in total. The van der Waals surface area contributed by atoms with E-state index in [2.05, 4.69) is 10.2 Å². The lowest BCUT2D eigenvalue weighted by atomic mass is 9.98. The van der Waals surface area contributed by atoms with Crippen molar-refractivity contribution in [3.8, 4) is 0 Å². The van der Waals surface area contributed by atoms with Crippen LogP contribution in [0.1, 0.15) is 42.9 Å². The average molecular weight is 367 g/mol. The third kappa shape index (κ3) is 4.92. The molecule has 142 valence electrons. The Hall–Kier alpha value is -2.73. The minimum absolute atomic E-state index is 0.0301. The van der Waals surface area contributed by atoms with Gasteiger partial charge in [0.1, 0.15) is 0 Å². The van der Waals surface area contributed by atoms with E-state index < -0.39 is 4.92 Å². The topological polar surface area (TPSA) is 75.5 Å². The van der Waals surface area contributed by atoms with Gasteiger partial charge in [-0.1, -0.05) is 42.5 Å². The van der Waals surface area contributed by atoms with Gasteiger partial charge in [0.15, 0.2) is 0 Å². The molecule has 1 aliphatic rings. The van der Waals surface area contributed by atoms with E-state index in [4.69, 9.17) is 0 Å². The lowest BCUT2D eigenvalue weighted by Crippen LogP contribution is -2.38. The molecule has 0 aliphatic carbocycles. The third-order valence-corrected chi connectivity index (χ3v) is 5.16. The molecule has 1 N–H and O–H groups in total. The van der Waals surface area contributed by atoms with Gasteiger partial charge >= 0.3 is 0 Å². The largest absolute Gasteiger partial charge is 0.347 e. The first kappa shape index (κ1) is 19.0. The van der Waals surface area contributed by atoms with Gasteiger partial charge in [0.05, 0.1) is 16.9 Å². The van der Waals surface area contributed by atoms with Crippen LogP contribution in [0.2, 0.25) is 0 Å². The fourth-order valence-electron chi connectivity index (χ4n) is 3.48. The Morgan fingerprint density at radius 1 is 1.07 bits per heavy atom. The number of carbonyl (C=O) groups is 1. The van der Waals surface area contributed by atoms with Crippen LogP contribution in [0.25, 0.3) is 0 Å². The monoisotopic (exact) mass is 367 g/mol. The number of non-ortho nitro benzene ring substituents is 1. The number of hydrogen-bond acceptors (Lipinski definition) is 4. The van der Waals surface area contributed by atoms with E-state index in [1.54, 1.807) is 12.1 Å². The highest BCUT2D eigenvalue weighted by atomic mass is 16.6. The summed E-state index contributed by atoms with van der Waals surface area (Å²) in [6, 6.07) is 16.1. The molecule has 2 aromatic carbocycles. The summed E-state index contributed by atoms with van der Waals surface area (Å²) < 4.78 is 0. The van der Waals surface area contributed by atoms with Gasteiger partial charge in [0, 0.05) is 18.7 Å². The van der Waals surface area contributed by atoms with Crippen molar-refractivity contribution in [3.05, 3.63) is 75.8 Å². The summed E-state index contributed by atoms with van der Waals surface area (Å²) in [7, 11) is 0. The average Bonchev–Trinajstić information content (AvgIpc) is 3.20. The molecule has 1 aliphatic heterocycles. The number of nitrogens with zero attached hydrogens (tertiary/aromatic N) is 2. The van der Waals surface area contributed by atoms with Crippen LogP contribution in [-0.2, 0) is 4.79 Å². The minimum Gasteiger partial charge on any atom is -0.347 e. The fraction of sp³-hybridized carbons (Fsp3) is 0.381. The van der Waals surface area contributed by atoms with E-state index in [1.165, 1.54) is 25.0 Å². The predicted octanol–water partition coefficient (Wildman–Crippen LogP) is 3.65. The molecule has 0 spiro atoms. The number of hydrogen-bond donors (Lipinski definition) is 1. The Bertz CT molecular complexity index is 771. The zero-order valence-corrected chi connectivity index (χ0v) is 15.5. The van der Waals surface area contributed by atoms with Gasteiger partial charge in [-0.3, -0.25) is 14.9 Å². The van der Waals surface area contributed by atoms with Crippen LogP contribution in [0.4, 0.5) is 5.69 Å². The molecule has 3 rings (SSSR count). The van der Waals surface area contributed by atoms with Gasteiger partial charge in [-0.15, -0.1) is 0 Å². The van der Waals surface area contributed by atoms with Crippen molar-refractivity contribution in [2.75, 3.05) is 19.6 Å². The van der Waals surface area contributed by atoms with Crippen LogP contribution in [0.5, 0.6) is 0 Å². The summed E-state index contributed by atoms with van der Waals surface area (Å²) in [5.41, 5.74) is 1.89. The number of nitro groups is 1. The number of likely N-dealkylation sites (tertiary alicyclic amines) is 1. The molecule has 1 amide bonds. The zero-order valence-electron chi connectivity index (χ0n) is 15.5. The van der Waals surface area contributed by atoms with Crippen molar-refractivity contribution in [1.82, 2.24) is 10.2 Å². The quantitative estimate of drug-likeness (QED) is 0.599. The van der Waals surface area contributed by atoms with Crippen molar-refractivity contribution in [2.24, 2.45) is 0 Å². The second-order valence-electron chi connectivity index (χ2n) is 7.05. The van der Waals surface area contributed by atoms with E-state index in [1.807, 2.05) is 37.3 Å². The zero-order chi connectivity index (χ0) is 19.2. The van der Waals surface area contributed by atoms with Crippen LogP contribution < -0.4 is 5.32 Å². The van der Waals surface area contributed by atoms with Crippen LogP contribution in [0, 0.1) is 10.1 Å². The molecule has 2 atom stereocenters. The molecule has 27 heavy (non-hydrogen) atoms. The molecule has 0 radical (unpaired) electrons. The number of carbonyl (C=O) groups excluding carboxylic acids is 1. The fourth-order valence-corrected chi connectivity index (χ4v) is 3.48.